The molecule has 128 valence electrons. The van der Waals surface area contributed by atoms with Crippen LogP contribution in [-0.4, -0.2) is 31.4 Å². The average molecular weight is 371 g/mol. The van der Waals surface area contributed by atoms with Crippen molar-refractivity contribution < 1.29 is 4.79 Å². The number of nitrogens with zero attached hydrogens (tertiary/aromatic N) is 4. The van der Waals surface area contributed by atoms with Crippen molar-refractivity contribution in [3.05, 3.63) is 46.9 Å². The molecule has 0 spiro atoms. The number of carbonyl (C=O) groups is 1. The van der Waals surface area contributed by atoms with Gasteiger partial charge in [0.05, 0.1) is 5.69 Å². The Labute approximate surface area is 153 Å². The first-order chi connectivity index (χ1) is 12.3. The van der Waals surface area contributed by atoms with E-state index in [9.17, 15) is 4.79 Å². The van der Waals surface area contributed by atoms with Gasteiger partial charge in [0.15, 0.2) is 0 Å². The van der Waals surface area contributed by atoms with Crippen LogP contribution >= 0.6 is 23.1 Å². The first kappa shape index (κ1) is 16.3. The summed E-state index contributed by atoms with van der Waals surface area (Å²) < 4.78 is 1.49. The molecule has 3 aromatic rings. The molecule has 4 rings (SSSR count). The summed E-state index contributed by atoms with van der Waals surface area (Å²) in [5.74, 6) is -0.156. The van der Waals surface area contributed by atoms with Crippen LogP contribution in [0.25, 0.3) is 5.69 Å². The average Bonchev–Trinajstić information content (AvgIpc) is 3.38. The third-order valence-corrected chi connectivity index (χ3v) is 6.42. The van der Waals surface area contributed by atoms with E-state index in [1.165, 1.54) is 52.9 Å². The Kier molecular flexibility index (Phi) is 4.80. The molecule has 1 aliphatic rings. The Morgan fingerprint density at radius 1 is 1.20 bits per heavy atom. The van der Waals surface area contributed by atoms with E-state index in [2.05, 4.69) is 33.0 Å². The third-order valence-electron chi connectivity index (χ3n) is 4.16. The lowest BCUT2D eigenvalue weighted by Crippen LogP contribution is -2.13. The minimum absolute atomic E-state index is 0.156. The molecule has 2 aromatic heterocycles. The molecule has 0 bridgehead atoms. The molecule has 1 fully saturated rings. The van der Waals surface area contributed by atoms with E-state index in [4.69, 9.17) is 0 Å². The number of carbonyl (C=O) groups excluding carboxylic acids is 1. The van der Waals surface area contributed by atoms with Crippen LogP contribution in [0.1, 0.15) is 35.4 Å². The van der Waals surface area contributed by atoms with Crippen LogP contribution in [0.3, 0.4) is 0 Å². The van der Waals surface area contributed by atoms with Gasteiger partial charge < -0.3 is 5.32 Å². The van der Waals surface area contributed by atoms with E-state index < -0.39 is 0 Å². The Morgan fingerprint density at radius 3 is 2.72 bits per heavy atom. The van der Waals surface area contributed by atoms with Gasteiger partial charge in [-0.2, -0.15) is 4.68 Å². The van der Waals surface area contributed by atoms with Gasteiger partial charge in [-0.05, 0) is 59.0 Å². The monoisotopic (exact) mass is 371 g/mol. The largest absolute Gasteiger partial charge is 0.321 e. The molecule has 2 heterocycles. The molecule has 0 saturated heterocycles. The van der Waals surface area contributed by atoms with Gasteiger partial charge in [0.25, 0.3) is 5.91 Å². The normalized spacial score (nSPS) is 14.7. The molecule has 1 aromatic carbocycles. The summed E-state index contributed by atoms with van der Waals surface area (Å²) in [6, 6.07) is 9.90. The summed E-state index contributed by atoms with van der Waals surface area (Å²) in [5, 5.41) is 16.6. The molecule has 0 radical (unpaired) electrons. The number of rotatable bonds is 5. The van der Waals surface area contributed by atoms with Crippen molar-refractivity contribution in [2.45, 2.75) is 35.8 Å². The highest BCUT2D eigenvalue weighted by Gasteiger charge is 2.17. The van der Waals surface area contributed by atoms with Crippen LogP contribution in [0.2, 0.25) is 0 Å². The molecule has 25 heavy (non-hydrogen) atoms. The van der Waals surface area contributed by atoms with Gasteiger partial charge >= 0.3 is 0 Å². The molecule has 8 heteroatoms. The number of hydrogen-bond donors (Lipinski definition) is 1. The summed E-state index contributed by atoms with van der Waals surface area (Å²) in [7, 11) is 0. The lowest BCUT2D eigenvalue weighted by atomic mass is 10.3. The van der Waals surface area contributed by atoms with Crippen LogP contribution in [0.15, 0.2) is 46.9 Å². The van der Waals surface area contributed by atoms with Crippen LogP contribution in [-0.2, 0) is 0 Å². The fourth-order valence-electron chi connectivity index (χ4n) is 2.93. The summed E-state index contributed by atoms with van der Waals surface area (Å²) in [4.78, 5) is 14.4. The van der Waals surface area contributed by atoms with Crippen molar-refractivity contribution in [1.29, 1.82) is 0 Å². The highest BCUT2D eigenvalue weighted by Crippen LogP contribution is 2.35. The Morgan fingerprint density at radius 2 is 2.00 bits per heavy atom. The number of anilines is 1. The first-order valence-electron chi connectivity index (χ1n) is 8.18. The number of hydrogen-bond acceptors (Lipinski definition) is 6. The quantitative estimate of drug-likeness (QED) is 0.733. The topological polar surface area (TPSA) is 72.7 Å². The van der Waals surface area contributed by atoms with Gasteiger partial charge in [-0.1, -0.05) is 12.8 Å². The molecule has 0 aliphatic heterocycles. The molecule has 1 aliphatic carbocycles. The molecule has 1 saturated carbocycles. The molecule has 0 unspecified atom stereocenters. The lowest BCUT2D eigenvalue weighted by Gasteiger charge is -2.10. The Bertz CT molecular complexity index is 838. The molecular formula is C17H17N5OS2. The maximum absolute atomic E-state index is 12.6. The van der Waals surface area contributed by atoms with Crippen molar-refractivity contribution in [3.8, 4) is 5.69 Å². The zero-order chi connectivity index (χ0) is 17.1. The van der Waals surface area contributed by atoms with Crippen molar-refractivity contribution in [2.24, 2.45) is 0 Å². The lowest BCUT2D eigenvalue weighted by molar-refractivity contribution is 0.103. The number of thiophene rings is 1. The molecule has 1 amide bonds. The van der Waals surface area contributed by atoms with Crippen LogP contribution in [0.5, 0.6) is 0 Å². The van der Waals surface area contributed by atoms with E-state index in [0.717, 1.165) is 10.9 Å². The van der Waals surface area contributed by atoms with Crippen LogP contribution < -0.4 is 5.32 Å². The van der Waals surface area contributed by atoms with E-state index in [1.54, 1.807) is 0 Å². The predicted molar refractivity (Wildman–Crippen MR) is 99.5 cm³/mol. The van der Waals surface area contributed by atoms with Crippen molar-refractivity contribution in [1.82, 2.24) is 20.2 Å². The van der Waals surface area contributed by atoms with Gasteiger partial charge in [-0.3, -0.25) is 4.79 Å². The maximum Gasteiger partial charge on any atom is 0.267 e. The van der Waals surface area contributed by atoms with Gasteiger partial charge in [-0.25, -0.2) is 0 Å². The summed E-state index contributed by atoms with van der Waals surface area (Å²) in [6.07, 6.45) is 6.78. The fraction of sp³-hybridized carbons (Fsp3) is 0.294. The zero-order valence-corrected chi connectivity index (χ0v) is 15.1. The number of thioether (sulfide) groups is 1. The zero-order valence-electron chi connectivity index (χ0n) is 13.5. The highest BCUT2D eigenvalue weighted by atomic mass is 32.2. The molecule has 1 N–H and O–H groups in total. The molecular weight excluding hydrogens is 354 g/mol. The minimum atomic E-state index is -0.156. The second kappa shape index (κ2) is 7.37. The summed E-state index contributed by atoms with van der Waals surface area (Å²) in [5.41, 5.74) is 1.47. The van der Waals surface area contributed by atoms with Crippen molar-refractivity contribution in [2.75, 3.05) is 5.32 Å². The third kappa shape index (κ3) is 3.74. The number of nitrogens with one attached hydrogen (secondary N) is 1. The SMILES string of the molecule is O=C(Nc1ccc(SC2CCCC2)cc1)c1sccc1-n1cnnn1. The standard InChI is InChI=1S/C17H17N5OS2/c23-17(16-15(9-10-24-16)22-11-18-20-21-22)19-12-5-7-14(8-6-12)25-13-3-1-2-4-13/h5-11,13H,1-4H2,(H,19,23). The van der Waals surface area contributed by atoms with Crippen molar-refractivity contribution >= 4 is 34.7 Å². The van der Waals surface area contributed by atoms with E-state index in [-0.39, 0.29) is 5.91 Å². The Balaban J connectivity index is 1.43. The smallest absolute Gasteiger partial charge is 0.267 e. The molecule has 6 nitrogen and oxygen atoms in total. The number of tetrazole rings is 1. The van der Waals surface area contributed by atoms with Gasteiger partial charge in [-0.15, -0.1) is 28.2 Å². The fourth-order valence-corrected chi connectivity index (χ4v) is 4.95. The second-order valence-corrected chi connectivity index (χ2v) is 8.18. The highest BCUT2D eigenvalue weighted by molar-refractivity contribution is 8.00. The molecule has 0 atom stereocenters. The van der Waals surface area contributed by atoms with Crippen LogP contribution in [0, 0.1) is 0 Å². The second-order valence-electron chi connectivity index (χ2n) is 5.89. The van der Waals surface area contributed by atoms with E-state index >= 15 is 0 Å². The number of amides is 1. The number of aromatic nitrogens is 4. The van der Waals surface area contributed by atoms with Gasteiger partial charge in [0.2, 0.25) is 0 Å². The van der Waals surface area contributed by atoms with Gasteiger partial charge in [0, 0.05) is 15.8 Å². The van der Waals surface area contributed by atoms with E-state index in [1.807, 2.05) is 35.3 Å². The van der Waals surface area contributed by atoms with E-state index in [0.29, 0.717) is 10.6 Å². The van der Waals surface area contributed by atoms with Crippen LogP contribution in [0.4, 0.5) is 5.69 Å². The maximum atomic E-state index is 12.6. The Hall–Kier alpha value is -2.19. The number of benzene rings is 1. The summed E-state index contributed by atoms with van der Waals surface area (Å²) >= 11 is 3.31. The predicted octanol–water partition coefficient (Wildman–Crippen LogP) is 4.01. The van der Waals surface area contributed by atoms with Gasteiger partial charge in [0.1, 0.15) is 11.2 Å². The summed E-state index contributed by atoms with van der Waals surface area (Å²) in [6.45, 7) is 0. The first-order valence-corrected chi connectivity index (χ1v) is 9.94. The van der Waals surface area contributed by atoms with Crippen molar-refractivity contribution in [3.63, 3.8) is 0 Å². The minimum Gasteiger partial charge on any atom is -0.321 e.